The molecular formula is C24H27N3O4. The Morgan fingerprint density at radius 2 is 1.71 bits per heavy atom. The summed E-state index contributed by atoms with van der Waals surface area (Å²) in [6.45, 7) is 5.04. The summed E-state index contributed by atoms with van der Waals surface area (Å²) in [5, 5.41) is 8.71. The minimum Gasteiger partial charge on any atom is -0.491 e. The summed E-state index contributed by atoms with van der Waals surface area (Å²) in [5.74, 6) is 1.15. The summed E-state index contributed by atoms with van der Waals surface area (Å²) in [5.41, 5.74) is 2.20. The lowest BCUT2D eigenvalue weighted by molar-refractivity contribution is -0.115. The molecule has 0 radical (unpaired) electrons. The molecular weight excluding hydrogens is 394 g/mol. The number of ether oxygens (including phenoxy) is 1. The summed E-state index contributed by atoms with van der Waals surface area (Å²) in [6, 6.07) is 18.1. The average Bonchev–Trinajstić information content (AvgIpc) is 3.27. The first kappa shape index (κ1) is 22.1. The van der Waals surface area contributed by atoms with Gasteiger partial charge in [-0.1, -0.05) is 12.1 Å². The van der Waals surface area contributed by atoms with Gasteiger partial charge in [0, 0.05) is 17.8 Å². The lowest BCUT2D eigenvalue weighted by Crippen LogP contribution is -2.27. The molecule has 0 saturated carbocycles. The van der Waals surface area contributed by atoms with E-state index in [9.17, 15) is 9.59 Å². The second-order valence-corrected chi connectivity index (χ2v) is 7.30. The van der Waals surface area contributed by atoms with Crippen molar-refractivity contribution in [2.24, 2.45) is 0 Å². The lowest BCUT2D eigenvalue weighted by atomic mass is 10.2. The van der Waals surface area contributed by atoms with Crippen LogP contribution in [0.25, 0.3) is 0 Å². The Morgan fingerprint density at radius 1 is 0.968 bits per heavy atom. The molecule has 0 bridgehead atoms. The van der Waals surface area contributed by atoms with Crippen LogP contribution in [0.3, 0.4) is 0 Å². The van der Waals surface area contributed by atoms with E-state index in [2.05, 4.69) is 16.0 Å². The Bertz CT molecular complexity index is 965. The molecule has 0 saturated heterocycles. The molecule has 162 valence electrons. The van der Waals surface area contributed by atoms with E-state index in [0.29, 0.717) is 30.1 Å². The van der Waals surface area contributed by atoms with Crippen LogP contribution in [0.5, 0.6) is 5.75 Å². The van der Waals surface area contributed by atoms with Gasteiger partial charge in [0.25, 0.3) is 5.91 Å². The fraction of sp³-hybridized carbons (Fsp3) is 0.250. The van der Waals surface area contributed by atoms with Gasteiger partial charge in [-0.2, -0.15) is 0 Å². The summed E-state index contributed by atoms with van der Waals surface area (Å²) >= 11 is 0. The van der Waals surface area contributed by atoms with Gasteiger partial charge in [0.2, 0.25) is 5.91 Å². The van der Waals surface area contributed by atoms with Crippen molar-refractivity contribution in [2.45, 2.75) is 33.0 Å². The average molecular weight is 421 g/mol. The van der Waals surface area contributed by atoms with Crippen LogP contribution >= 0.6 is 0 Å². The number of amides is 2. The first-order chi connectivity index (χ1) is 15.0. The number of nitrogens with one attached hydrogen (secondary N) is 3. The van der Waals surface area contributed by atoms with Crippen LogP contribution in [0.15, 0.2) is 71.3 Å². The molecule has 1 heterocycles. The zero-order valence-electron chi connectivity index (χ0n) is 17.7. The molecule has 0 atom stereocenters. The predicted octanol–water partition coefficient (Wildman–Crippen LogP) is 3.73. The highest BCUT2D eigenvalue weighted by Crippen LogP contribution is 2.14. The molecule has 3 N–H and O–H groups in total. The summed E-state index contributed by atoms with van der Waals surface area (Å²) in [6.07, 6.45) is 1.70. The number of furan rings is 1. The number of rotatable bonds is 10. The molecule has 0 aliphatic heterocycles. The molecule has 1 aromatic heterocycles. The van der Waals surface area contributed by atoms with E-state index in [0.717, 1.165) is 11.3 Å². The largest absolute Gasteiger partial charge is 0.491 e. The van der Waals surface area contributed by atoms with Gasteiger partial charge in [-0.05, 0) is 67.9 Å². The molecule has 7 nitrogen and oxygen atoms in total. The van der Waals surface area contributed by atoms with E-state index < -0.39 is 0 Å². The number of carbonyl (C=O) groups excluding carboxylic acids is 2. The SMILES string of the molecule is CC(C)Oc1ccc(CNCC(=O)Nc2ccc(C(=O)NCc3ccco3)cc2)cc1. The van der Waals surface area contributed by atoms with Crippen LogP contribution in [0.2, 0.25) is 0 Å². The molecule has 2 aromatic carbocycles. The summed E-state index contributed by atoms with van der Waals surface area (Å²) < 4.78 is 10.8. The Morgan fingerprint density at radius 3 is 2.35 bits per heavy atom. The minimum absolute atomic E-state index is 0.137. The lowest BCUT2D eigenvalue weighted by Gasteiger charge is -2.11. The molecule has 0 spiro atoms. The molecule has 3 aromatic rings. The van der Waals surface area contributed by atoms with Gasteiger partial charge in [0.1, 0.15) is 11.5 Å². The second kappa shape index (κ2) is 11.0. The third-order valence-electron chi connectivity index (χ3n) is 4.34. The maximum Gasteiger partial charge on any atom is 0.251 e. The third kappa shape index (κ3) is 7.31. The monoisotopic (exact) mass is 421 g/mol. The fourth-order valence-corrected chi connectivity index (χ4v) is 2.87. The number of carbonyl (C=O) groups is 2. The number of benzene rings is 2. The van der Waals surface area contributed by atoms with Crippen molar-refractivity contribution in [1.29, 1.82) is 0 Å². The van der Waals surface area contributed by atoms with Crippen LogP contribution in [-0.2, 0) is 17.9 Å². The van der Waals surface area contributed by atoms with Crippen molar-refractivity contribution in [3.8, 4) is 5.75 Å². The molecule has 31 heavy (non-hydrogen) atoms. The van der Waals surface area contributed by atoms with Crippen LogP contribution in [-0.4, -0.2) is 24.5 Å². The Balaban J connectivity index is 1.39. The molecule has 0 fully saturated rings. The highest BCUT2D eigenvalue weighted by molar-refractivity contribution is 5.96. The van der Waals surface area contributed by atoms with Crippen molar-refractivity contribution < 1.29 is 18.7 Å². The first-order valence-electron chi connectivity index (χ1n) is 10.2. The van der Waals surface area contributed by atoms with Gasteiger partial charge in [-0.3, -0.25) is 9.59 Å². The highest BCUT2D eigenvalue weighted by Gasteiger charge is 2.08. The summed E-state index contributed by atoms with van der Waals surface area (Å²) in [4.78, 5) is 24.3. The van der Waals surface area contributed by atoms with Crippen LogP contribution in [0.1, 0.15) is 35.5 Å². The molecule has 7 heteroatoms. The quantitative estimate of drug-likeness (QED) is 0.464. The van der Waals surface area contributed by atoms with Gasteiger partial charge >= 0.3 is 0 Å². The van der Waals surface area contributed by atoms with E-state index in [1.165, 1.54) is 0 Å². The van der Waals surface area contributed by atoms with Crippen LogP contribution in [0.4, 0.5) is 5.69 Å². The van der Waals surface area contributed by atoms with Crippen molar-refractivity contribution in [3.05, 3.63) is 83.8 Å². The zero-order valence-corrected chi connectivity index (χ0v) is 17.7. The van der Waals surface area contributed by atoms with Crippen LogP contribution in [0, 0.1) is 0 Å². The molecule has 0 aliphatic rings. The number of anilines is 1. The van der Waals surface area contributed by atoms with Gasteiger partial charge in [0.15, 0.2) is 0 Å². The van der Waals surface area contributed by atoms with Gasteiger partial charge in [-0.25, -0.2) is 0 Å². The third-order valence-corrected chi connectivity index (χ3v) is 4.34. The van der Waals surface area contributed by atoms with Crippen molar-refractivity contribution in [1.82, 2.24) is 10.6 Å². The van der Waals surface area contributed by atoms with Gasteiger partial charge in [0.05, 0.1) is 25.5 Å². The van der Waals surface area contributed by atoms with Crippen molar-refractivity contribution >= 4 is 17.5 Å². The van der Waals surface area contributed by atoms with E-state index >= 15 is 0 Å². The Hall–Kier alpha value is -3.58. The maximum atomic E-state index is 12.2. The number of hydrogen-bond donors (Lipinski definition) is 3. The second-order valence-electron chi connectivity index (χ2n) is 7.30. The smallest absolute Gasteiger partial charge is 0.251 e. The highest BCUT2D eigenvalue weighted by atomic mass is 16.5. The minimum atomic E-state index is -0.208. The fourth-order valence-electron chi connectivity index (χ4n) is 2.87. The van der Waals surface area contributed by atoms with Crippen LogP contribution < -0.4 is 20.7 Å². The molecule has 3 rings (SSSR count). The van der Waals surface area contributed by atoms with E-state index in [-0.39, 0.29) is 24.5 Å². The molecule has 2 amide bonds. The van der Waals surface area contributed by atoms with E-state index in [1.54, 1.807) is 42.7 Å². The Kier molecular flexibility index (Phi) is 7.84. The van der Waals surface area contributed by atoms with Gasteiger partial charge < -0.3 is 25.1 Å². The number of hydrogen-bond acceptors (Lipinski definition) is 5. The predicted molar refractivity (Wildman–Crippen MR) is 119 cm³/mol. The molecule has 0 aliphatic carbocycles. The van der Waals surface area contributed by atoms with E-state index in [4.69, 9.17) is 9.15 Å². The van der Waals surface area contributed by atoms with E-state index in [1.807, 2.05) is 38.1 Å². The normalized spacial score (nSPS) is 10.7. The standard InChI is InChI=1S/C24H27N3O4/c1-17(2)31-21-11-5-18(6-12-21)14-25-16-23(28)27-20-9-7-19(8-10-20)24(29)26-15-22-4-3-13-30-22/h3-13,17,25H,14-16H2,1-2H3,(H,26,29)(H,27,28). The van der Waals surface area contributed by atoms with Crippen molar-refractivity contribution in [2.75, 3.05) is 11.9 Å². The topological polar surface area (TPSA) is 92.6 Å². The zero-order chi connectivity index (χ0) is 22.1. The first-order valence-corrected chi connectivity index (χ1v) is 10.2. The summed E-state index contributed by atoms with van der Waals surface area (Å²) in [7, 11) is 0. The Labute approximate surface area is 181 Å². The maximum absolute atomic E-state index is 12.2. The van der Waals surface area contributed by atoms with Crippen molar-refractivity contribution in [3.63, 3.8) is 0 Å². The van der Waals surface area contributed by atoms with Gasteiger partial charge in [-0.15, -0.1) is 0 Å². The molecule has 0 unspecified atom stereocenters.